The van der Waals surface area contributed by atoms with E-state index in [4.69, 9.17) is 0 Å². The molecule has 1 N–H and O–H groups in total. The van der Waals surface area contributed by atoms with Crippen LogP contribution in [0, 0.1) is 0 Å². The molecule has 3 heteroatoms. The molecule has 1 aromatic heterocycles. The van der Waals surface area contributed by atoms with Gasteiger partial charge in [-0.2, -0.15) is 0 Å². The second kappa shape index (κ2) is 7.20. The largest absolute Gasteiger partial charge is 0.370 e. The molecule has 0 aliphatic rings. The van der Waals surface area contributed by atoms with Crippen molar-refractivity contribution in [3.05, 3.63) is 17.6 Å². The maximum absolute atomic E-state index is 4.40. The molecule has 0 bridgehead atoms. The Bertz CT molecular complexity index is 284. The number of nitrogens with zero attached hydrogens (tertiary/aromatic N) is 2. The lowest BCUT2D eigenvalue weighted by Crippen LogP contribution is -2.08. The number of hydrogen-bond acceptors (Lipinski definition) is 3. The fourth-order valence-electron chi connectivity index (χ4n) is 1.78. The monoisotopic (exact) mass is 221 g/mol. The molecular weight excluding hydrogens is 198 g/mol. The minimum atomic E-state index is 0.983. The minimum absolute atomic E-state index is 0.983. The number of hydrogen-bond donors (Lipinski definition) is 1. The van der Waals surface area contributed by atoms with Gasteiger partial charge in [0, 0.05) is 17.8 Å². The topological polar surface area (TPSA) is 37.8 Å². The zero-order valence-electron chi connectivity index (χ0n) is 10.7. The molecule has 0 amide bonds. The van der Waals surface area contributed by atoms with Crippen LogP contribution in [0.25, 0.3) is 0 Å². The van der Waals surface area contributed by atoms with E-state index in [9.17, 15) is 0 Å². The highest BCUT2D eigenvalue weighted by Crippen LogP contribution is 2.17. The summed E-state index contributed by atoms with van der Waals surface area (Å²) in [6, 6.07) is 0. The summed E-state index contributed by atoms with van der Waals surface area (Å²) in [5.74, 6) is 1.03. The number of unbranched alkanes of at least 4 members (excludes halogenated alkanes) is 1. The molecule has 0 radical (unpaired) electrons. The molecule has 0 spiro atoms. The van der Waals surface area contributed by atoms with Crippen LogP contribution in [-0.2, 0) is 12.8 Å². The summed E-state index contributed by atoms with van der Waals surface area (Å²) in [5.41, 5.74) is 2.52. The van der Waals surface area contributed by atoms with Gasteiger partial charge in [0.05, 0.1) is 0 Å². The quantitative estimate of drug-likeness (QED) is 0.768. The Hall–Kier alpha value is -1.12. The van der Waals surface area contributed by atoms with Gasteiger partial charge >= 0.3 is 0 Å². The Balaban J connectivity index is 2.82. The fraction of sp³-hybridized carbons (Fsp3) is 0.692. The number of aromatic nitrogens is 2. The van der Waals surface area contributed by atoms with E-state index in [0.717, 1.165) is 31.6 Å². The van der Waals surface area contributed by atoms with Crippen molar-refractivity contribution in [3.8, 4) is 0 Å². The Labute approximate surface area is 98.7 Å². The van der Waals surface area contributed by atoms with Crippen LogP contribution in [0.15, 0.2) is 6.33 Å². The molecule has 0 aliphatic heterocycles. The average molecular weight is 221 g/mol. The minimum Gasteiger partial charge on any atom is -0.370 e. The van der Waals surface area contributed by atoms with E-state index < -0.39 is 0 Å². The van der Waals surface area contributed by atoms with Crippen LogP contribution in [0.4, 0.5) is 5.82 Å². The maximum atomic E-state index is 4.40. The van der Waals surface area contributed by atoms with Crippen LogP contribution in [0.5, 0.6) is 0 Å². The first-order valence-corrected chi connectivity index (χ1v) is 6.40. The SMILES string of the molecule is CCCCc1ncnc(NCCC)c1CC. The smallest absolute Gasteiger partial charge is 0.132 e. The second-order valence-electron chi connectivity index (χ2n) is 4.03. The third-order valence-corrected chi connectivity index (χ3v) is 2.70. The van der Waals surface area contributed by atoms with Gasteiger partial charge in [-0.1, -0.05) is 27.2 Å². The number of nitrogens with one attached hydrogen (secondary N) is 1. The molecule has 0 fully saturated rings. The van der Waals surface area contributed by atoms with Crippen molar-refractivity contribution >= 4 is 5.82 Å². The van der Waals surface area contributed by atoms with Gasteiger partial charge < -0.3 is 5.32 Å². The van der Waals surface area contributed by atoms with Crippen molar-refractivity contribution in [1.82, 2.24) is 9.97 Å². The lowest BCUT2D eigenvalue weighted by atomic mass is 10.1. The summed E-state index contributed by atoms with van der Waals surface area (Å²) < 4.78 is 0. The average Bonchev–Trinajstić information content (AvgIpc) is 2.33. The Morgan fingerprint density at radius 3 is 2.56 bits per heavy atom. The van der Waals surface area contributed by atoms with Gasteiger partial charge in [-0.15, -0.1) is 0 Å². The van der Waals surface area contributed by atoms with Crippen molar-refractivity contribution in [3.63, 3.8) is 0 Å². The van der Waals surface area contributed by atoms with Gasteiger partial charge in [-0.05, 0) is 25.7 Å². The summed E-state index contributed by atoms with van der Waals surface area (Å²) in [6.07, 6.45) is 7.30. The third-order valence-electron chi connectivity index (χ3n) is 2.70. The summed E-state index contributed by atoms with van der Waals surface area (Å²) in [7, 11) is 0. The van der Waals surface area contributed by atoms with E-state index in [-0.39, 0.29) is 0 Å². The molecule has 3 nitrogen and oxygen atoms in total. The van der Waals surface area contributed by atoms with E-state index in [1.807, 2.05) is 0 Å². The lowest BCUT2D eigenvalue weighted by molar-refractivity contribution is 0.761. The van der Waals surface area contributed by atoms with Crippen LogP contribution in [0.1, 0.15) is 51.3 Å². The van der Waals surface area contributed by atoms with Crippen molar-refractivity contribution in [1.29, 1.82) is 0 Å². The zero-order chi connectivity index (χ0) is 11.8. The fourth-order valence-corrected chi connectivity index (χ4v) is 1.78. The molecule has 0 unspecified atom stereocenters. The third kappa shape index (κ3) is 3.47. The van der Waals surface area contributed by atoms with E-state index in [1.165, 1.54) is 24.1 Å². The van der Waals surface area contributed by atoms with Gasteiger partial charge in [0.25, 0.3) is 0 Å². The van der Waals surface area contributed by atoms with Gasteiger partial charge in [0.1, 0.15) is 12.1 Å². The van der Waals surface area contributed by atoms with Gasteiger partial charge in [-0.3, -0.25) is 0 Å². The lowest BCUT2D eigenvalue weighted by Gasteiger charge is -2.12. The normalized spacial score (nSPS) is 10.4. The highest BCUT2D eigenvalue weighted by Gasteiger charge is 2.08. The first-order chi connectivity index (χ1) is 7.83. The Morgan fingerprint density at radius 2 is 1.94 bits per heavy atom. The van der Waals surface area contributed by atoms with Crippen LogP contribution >= 0.6 is 0 Å². The number of anilines is 1. The van der Waals surface area contributed by atoms with Crippen LogP contribution < -0.4 is 5.32 Å². The van der Waals surface area contributed by atoms with E-state index >= 15 is 0 Å². The standard InChI is InChI=1S/C13H23N3/c1-4-7-8-12-11(6-3)13(14-9-5-2)16-10-15-12/h10H,4-9H2,1-3H3,(H,14,15,16). The molecule has 0 saturated heterocycles. The molecule has 90 valence electrons. The summed E-state index contributed by atoms with van der Waals surface area (Å²) in [6.45, 7) is 7.53. The zero-order valence-corrected chi connectivity index (χ0v) is 10.7. The number of aryl methyl sites for hydroxylation is 1. The predicted octanol–water partition coefficient (Wildman–Crippen LogP) is 3.20. The molecule has 0 atom stereocenters. The van der Waals surface area contributed by atoms with Crippen LogP contribution in [0.3, 0.4) is 0 Å². The van der Waals surface area contributed by atoms with E-state index in [2.05, 4.69) is 36.1 Å². The summed E-state index contributed by atoms with van der Waals surface area (Å²) in [4.78, 5) is 8.74. The van der Waals surface area contributed by atoms with Gasteiger partial charge in [0.15, 0.2) is 0 Å². The first-order valence-electron chi connectivity index (χ1n) is 6.40. The van der Waals surface area contributed by atoms with E-state index in [0.29, 0.717) is 0 Å². The molecule has 0 aromatic carbocycles. The van der Waals surface area contributed by atoms with Crippen molar-refractivity contribution < 1.29 is 0 Å². The van der Waals surface area contributed by atoms with Crippen molar-refractivity contribution in [2.75, 3.05) is 11.9 Å². The highest BCUT2D eigenvalue weighted by molar-refractivity contribution is 5.45. The van der Waals surface area contributed by atoms with Crippen LogP contribution in [-0.4, -0.2) is 16.5 Å². The molecular formula is C13H23N3. The summed E-state index contributed by atoms with van der Waals surface area (Å²) in [5, 5.41) is 3.38. The Kier molecular flexibility index (Phi) is 5.83. The van der Waals surface area contributed by atoms with Crippen molar-refractivity contribution in [2.24, 2.45) is 0 Å². The molecule has 1 aromatic rings. The molecule has 16 heavy (non-hydrogen) atoms. The second-order valence-corrected chi connectivity index (χ2v) is 4.03. The van der Waals surface area contributed by atoms with Gasteiger partial charge in [0.2, 0.25) is 0 Å². The summed E-state index contributed by atoms with van der Waals surface area (Å²) >= 11 is 0. The van der Waals surface area contributed by atoms with Crippen molar-refractivity contribution in [2.45, 2.75) is 52.9 Å². The maximum Gasteiger partial charge on any atom is 0.132 e. The number of rotatable bonds is 7. The molecule has 0 aliphatic carbocycles. The highest BCUT2D eigenvalue weighted by atomic mass is 15.0. The molecule has 1 heterocycles. The Morgan fingerprint density at radius 1 is 1.12 bits per heavy atom. The molecule has 0 saturated carbocycles. The first kappa shape index (κ1) is 12.9. The van der Waals surface area contributed by atoms with E-state index in [1.54, 1.807) is 6.33 Å². The predicted molar refractivity (Wildman–Crippen MR) is 68.8 cm³/mol. The van der Waals surface area contributed by atoms with Crippen LogP contribution in [0.2, 0.25) is 0 Å². The van der Waals surface area contributed by atoms with Gasteiger partial charge in [-0.25, -0.2) is 9.97 Å². The molecule has 1 rings (SSSR count).